The summed E-state index contributed by atoms with van der Waals surface area (Å²) in [5.74, 6) is -2.15. The van der Waals surface area contributed by atoms with Gasteiger partial charge < -0.3 is 15.2 Å². The molecule has 7 nitrogen and oxygen atoms in total. The lowest BCUT2D eigenvalue weighted by atomic mass is 10.1. The number of carbonyl (C=O) groups is 2. The number of carboxylic acid groups (broad SMARTS) is 1. The van der Waals surface area contributed by atoms with Gasteiger partial charge >= 0.3 is 12.1 Å². The van der Waals surface area contributed by atoms with E-state index in [1.165, 1.54) is 31.4 Å². The molecular weight excluding hydrogens is 367 g/mol. The van der Waals surface area contributed by atoms with Crippen LogP contribution in [0.2, 0.25) is 0 Å². The Morgan fingerprint density at radius 1 is 1.22 bits per heavy atom. The second-order valence-electron chi connectivity index (χ2n) is 5.87. The highest BCUT2D eigenvalue weighted by Gasteiger charge is 2.40. The number of carbonyl (C=O) groups excluding carboxylic acids is 1. The van der Waals surface area contributed by atoms with Crippen LogP contribution in [0.25, 0.3) is 5.69 Å². The van der Waals surface area contributed by atoms with Crippen molar-refractivity contribution in [3.05, 3.63) is 47.3 Å². The summed E-state index contributed by atoms with van der Waals surface area (Å²) in [5, 5.41) is 15.2. The van der Waals surface area contributed by atoms with Crippen molar-refractivity contribution in [2.24, 2.45) is 0 Å². The Bertz CT molecular complexity index is 831. The molecule has 0 radical (unpaired) electrons. The van der Waals surface area contributed by atoms with Crippen LogP contribution in [0.5, 0.6) is 0 Å². The molecule has 0 aliphatic heterocycles. The highest BCUT2D eigenvalue weighted by Crippen LogP contribution is 2.33. The predicted molar refractivity (Wildman–Crippen MR) is 88.9 cm³/mol. The normalized spacial score (nSPS) is 13.9. The molecule has 0 aliphatic rings. The molecular formula is C17H18F3N3O4. The molecule has 2 aromatic rings. The number of carboxylic acids is 1. The van der Waals surface area contributed by atoms with Gasteiger partial charge in [0.1, 0.15) is 5.56 Å². The Kier molecular flexibility index (Phi) is 5.89. The molecule has 146 valence electrons. The average Bonchev–Trinajstić information content (AvgIpc) is 3.06. The first-order valence-electron chi connectivity index (χ1n) is 7.88. The summed E-state index contributed by atoms with van der Waals surface area (Å²) in [6.45, 7) is 3.54. The molecule has 10 heteroatoms. The second-order valence-corrected chi connectivity index (χ2v) is 5.87. The predicted octanol–water partition coefficient (Wildman–Crippen LogP) is 2.74. The summed E-state index contributed by atoms with van der Waals surface area (Å²) in [4.78, 5) is 23.2. The smallest absolute Gasteiger partial charge is 0.434 e. The van der Waals surface area contributed by atoms with Gasteiger partial charge in [0.15, 0.2) is 5.69 Å². The molecule has 0 saturated carbocycles. The highest BCUT2D eigenvalue weighted by molar-refractivity contribution is 5.94. The van der Waals surface area contributed by atoms with E-state index >= 15 is 0 Å². The monoisotopic (exact) mass is 385 g/mol. The number of nitrogens with one attached hydrogen (secondary N) is 1. The Hall–Kier alpha value is -2.88. The van der Waals surface area contributed by atoms with Gasteiger partial charge in [0.2, 0.25) is 0 Å². The van der Waals surface area contributed by atoms with Crippen molar-refractivity contribution in [3.8, 4) is 5.69 Å². The van der Waals surface area contributed by atoms with E-state index in [2.05, 4.69) is 10.4 Å². The van der Waals surface area contributed by atoms with Crippen molar-refractivity contribution >= 4 is 11.9 Å². The number of benzene rings is 1. The molecule has 27 heavy (non-hydrogen) atoms. The number of alkyl halides is 3. The largest absolute Gasteiger partial charge is 0.478 e. The molecule has 1 aromatic carbocycles. The van der Waals surface area contributed by atoms with E-state index in [0.29, 0.717) is 10.9 Å². The van der Waals surface area contributed by atoms with Crippen molar-refractivity contribution in [2.75, 3.05) is 7.11 Å². The first-order valence-corrected chi connectivity index (χ1v) is 7.88. The Morgan fingerprint density at radius 3 is 2.30 bits per heavy atom. The third-order valence-corrected chi connectivity index (χ3v) is 4.08. The minimum Gasteiger partial charge on any atom is -0.478 e. The topological polar surface area (TPSA) is 93.5 Å². The van der Waals surface area contributed by atoms with Crippen molar-refractivity contribution in [1.82, 2.24) is 15.1 Å². The van der Waals surface area contributed by atoms with Crippen molar-refractivity contribution in [2.45, 2.75) is 32.2 Å². The van der Waals surface area contributed by atoms with Crippen LogP contribution in [0.4, 0.5) is 13.2 Å². The summed E-state index contributed by atoms with van der Waals surface area (Å²) >= 11 is 0. The van der Waals surface area contributed by atoms with Crippen LogP contribution in [0.3, 0.4) is 0 Å². The lowest BCUT2D eigenvalue weighted by Gasteiger charge is -2.20. The van der Waals surface area contributed by atoms with Gasteiger partial charge in [0, 0.05) is 12.7 Å². The molecule has 1 heterocycles. The molecule has 0 bridgehead atoms. The molecule has 0 spiro atoms. The quantitative estimate of drug-likeness (QED) is 0.798. The maximum absolute atomic E-state index is 13.2. The summed E-state index contributed by atoms with van der Waals surface area (Å²) in [6, 6.07) is 4.90. The number of aromatic carboxylic acids is 1. The summed E-state index contributed by atoms with van der Waals surface area (Å²) < 4.78 is 45.3. The van der Waals surface area contributed by atoms with E-state index in [1.54, 1.807) is 13.8 Å². The fourth-order valence-corrected chi connectivity index (χ4v) is 2.34. The zero-order valence-corrected chi connectivity index (χ0v) is 14.7. The minimum absolute atomic E-state index is 0.0234. The third kappa shape index (κ3) is 4.45. The van der Waals surface area contributed by atoms with Crippen LogP contribution in [-0.2, 0) is 10.9 Å². The number of methoxy groups -OCH3 is 1. The zero-order valence-electron chi connectivity index (χ0n) is 14.7. The van der Waals surface area contributed by atoms with Crippen molar-refractivity contribution in [1.29, 1.82) is 0 Å². The molecule has 2 atom stereocenters. The van der Waals surface area contributed by atoms with Crippen molar-refractivity contribution in [3.63, 3.8) is 0 Å². The maximum Gasteiger partial charge on any atom is 0.434 e. The molecule has 0 aliphatic carbocycles. The fraction of sp³-hybridized carbons (Fsp3) is 0.353. The van der Waals surface area contributed by atoms with Crippen LogP contribution in [0.15, 0.2) is 30.5 Å². The highest BCUT2D eigenvalue weighted by atomic mass is 19.4. The van der Waals surface area contributed by atoms with Gasteiger partial charge in [0.25, 0.3) is 5.91 Å². The van der Waals surface area contributed by atoms with E-state index in [0.717, 1.165) is 0 Å². The van der Waals surface area contributed by atoms with Gasteiger partial charge in [-0.15, -0.1) is 0 Å². The number of aromatic nitrogens is 2. The number of hydrogen-bond acceptors (Lipinski definition) is 4. The first-order chi connectivity index (χ1) is 12.6. The van der Waals surface area contributed by atoms with E-state index in [-0.39, 0.29) is 23.4 Å². The lowest BCUT2D eigenvalue weighted by molar-refractivity contribution is -0.143. The molecule has 1 unspecified atom stereocenters. The van der Waals surface area contributed by atoms with E-state index in [9.17, 15) is 22.8 Å². The lowest BCUT2D eigenvalue weighted by Crippen LogP contribution is -2.40. The van der Waals surface area contributed by atoms with Crippen LogP contribution in [0, 0.1) is 0 Å². The average molecular weight is 385 g/mol. The van der Waals surface area contributed by atoms with Gasteiger partial charge in [-0.2, -0.15) is 18.3 Å². The molecule has 2 rings (SSSR count). The molecule has 1 aromatic heterocycles. The minimum atomic E-state index is -4.91. The number of rotatable bonds is 6. The van der Waals surface area contributed by atoms with Crippen molar-refractivity contribution < 1.29 is 32.6 Å². The van der Waals surface area contributed by atoms with Crippen LogP contribution >= 0.6 is 0 Å². The Balaban J connectivity index is 2.31. The van der Waals surface area contributed by atoms with Crippen LogP contribution in [-0.4, -0.2) is 46.0 Å². The van der Waals surface area contributed by atoms with Gasteiger partial charge in [-0.25, -0.2) is 9.48 Å². The molecule has 0 fully saturated rings. The van der Waals surface area contributed by atoms with Crippen LogP contribution in [0.1, 0.15) is 40.3 Å². The van der Waals surface area contributed by atoms with Crippen LogP contribution < -0.4 is 5.32 Å². The van der Waals surface area contributed by atoms with E-state index in [1.807, 2.05) is 0 Å². The summed E-state index contributed by atoms with van der Waals surface area (Å²) in [5.41, 5.74) is -2.14. The van der Waals surface area contributed by atoms with Gasteiger partial charge in [-0.05, 0) is 38.1 Å². The molecule has 0 saturated heterocycles. The number of halogens is 3. The van der Waals surface area contributed by atoms with Gasteiger partial charge in [0.05, 0.1) is 24.0 Å². The summed E-state index contributed by atoms with van der Waals surface area (Å²) in [6.07, 6.45) is -4.49. The summed E-state index contributed by atoms with van der Waals surface area (Å²) in [7, 11) is 1.51. The first kappa shape index (κ1) is 20.4. The van der Waals surface area contributed by atoms with E-state index in [4.69, 9.17) is 9.84 Å². The zero-order chi connectivity index (χ0) is 20.4. The second kappa shape index (κ2) is 7.78. The standard InChI is InChI=1S/C17H18F3N3O4/c1-9(10(2)27-3)22-15(24)11-4-6-12(7-5-11)23-14(17(18,19)20)13(8-21-23)16(25)26/h4-10H,1-3H3,(H,22,24)(H,25,26)/t9-,10?/m0/s1. The maximum atomic E-state index is 13.2. The Morgan fingerprint density at radius 2 is 1.81 bits per heavy atom. The number of amides is 1. The van der Waals surface area contributed by atoms with E-state index < -0.39 is 29.3 Å². The SMILES string of the molecule is COC(C)[C@H](C)NC(=O)c1ccc(-n2ncc(C(=O)O)c2C(F)(F)F)cc1. The van der Waals surface area contributed by atoms with Gasteiger partial charge in [-0.1, -0.05) is 0 Å². The number of hydrogen-bond donors (Lipinski definition) is 2. The Labute approximate surface area is 152 Å². The third-order valence-electron chi connectivity index (χ3n) is 4.08. The number of nitrogens with zero attached hydrogens (tertiary/aromatic N) is 2. The molecule has 1 amide bonds. The van der Waals surface area contributed by atoms with Gasteiger partial charge in [-0.3, -0.25) is 4.79 Å². The fourth-order valence-electron chi connectivity index (χ4n) is 2.34. The number of ether oxygens (including phenoxy) is 1. The molecule has 2 N–H and O–H groups in total.